The lowest BCUT2D eigenvalue weighted by Gasteiger charge is -2.08. The number of ketones is 1. The third-order valence-corrected chi connectivity index (χ3v) is 3.60. The Bertz CT molecular complexity index is 518. The highest BCUT2D eigenvalue weighted by atomic mass is 19.1. The van der Waals surface area contributed by atoms with Crippen LogP contribution in [-0.4, -0.2) is 11.7 Å². The number of carbonyl (C=O) groups is 2. The first-order chi connectivity index (χ1) is 10.4. The predicted molar refractivity (Wildman–Crippen MR) is 89.5 cm³/mol. The molecule has 1 N–H and O–H groups in total. The molecule has 1 rings (SSSR count). The fourth-order valence-corrected chi connectivity index (χ4v) is 2.21. The van der Waals surface area contributed by atoms with E-state index in [2.05, 4.69) is 5.32 Å². The molecule has 124 valence electrons. The largest absolute Gasteiger partial charge is 0.326 e. The number of unbranched alkanes of at least 4 members (excludes halogenated alkanes) is 2. The number of carbonyl (C=O) groups excluding carboxylic acids is 2. The molecule has 0 spiro atoms. The molecule has 0 fully saturated rings. The number of hydrogen-bond acceptors (Lipinski definition) is 2. The zero-order chi connectivity index (χ0) is 16.5. The van der Waals surface area contributed by atoms with Crippen LogP contribution in [-0.2, 0) is 16.0 Å². The van der Waals surface area contributed by atoms with Gasteiger partial charge in [-0.05, 0) is 43.0 Å². The molecule has 1 aromatic rings. The Balaban J connectivity index is 0.00000484. The fourth-order valence-electron chi connectivity index (χ4n) is 2.21. The average molecular weight is 309 g/mol. The maximum atomic E-state index is 13.6. The van der Waals surface area contributed by atoms with Gasteiger partial charge in [-0.2, -0.15) is 0 Å². The molecule has 0 saturated carbocycles. The SMILES string of the molecule is CCC(=O)Nc1cc(F)cc(CCCCCC(=O)C(C)C)c1.[HH]. The summed E-state index contributed by atoms with van der Waals surface area (Å²) in [5.41, 5.74) is 1.39. The molecule has 1 aromatic carbocycles. The van der Waals surface area contributed by atoms with E-state index < -0.39 is 0 Å². The number of nitrogens with one attached hydrogen (secondary N) is 1. The molecule has 0 heterocycles. The number of benzene rings is 1. The van der Waals surface area contributed by atoms with E-state index in [1.807, 2.05) is 19.9 Å². The molecule has 1 amide bonds. The Kier molecular flexibility index (Phi) is 7.78. The summed E-state index contributed by atoms with van der Waals surface area (Å²) in [5, 5.41) is 2.68. The minimum atomic E-state index is -0.334. The molecule has 0 aliphatic rings. The zero-order valence-electron chi connectivity index (χ0n) is 13.7. The molecular formula is C18H28FNO2. The van der Waals surface area contributed by atoms with Crippen molar-refractivity contribution >= 4 is 17.4 Å². The van der Waals surface area contributed by atoms with Gasteiger partial charge < -0.3 is 5.32 Å². The summed E-state index contributed by atoms with van der Waals surface area (Å²) in [4.78, 5) is 22.9. The molecule has 0 unspecified atom stereocenters. The van der Waals surface area contributed by atoms with Crippen LogP contribution in [0, 0.1) is 11.7 Å². The smallest absolute Gasteiger partial charge is 0.224 e. The van der Waals surface area contributed by atoms with Crippen molar-refractivity contribution in [1.82, 2.24) is 0 Å². The first-order valence-corrected chi connectivity index (χ1v) is 8.04. The van der Waals surface area contributed by atoms with Crippen LogP contribution >= 0.6 is 0 Å². The van der Waals surface area contributed by atoms with E-state index in [1.165, 1.54) is 12.1 Å². The van der Waals surface area contributed by atoms with Gasteiger partial charge >= 0.3 is 0 Å². The minimum Gasteiger partial charge on any atom is -0.326 e. The zero-order valence-corrected chi connectivity index (χ0v) is 13.7. The second-order valence-corrected chi connectivity index (χ2v) is 5.93. The van der Waals surface area contributed by atoms with Crippen molar-refractivity contribution in [3.8, 4) is 0 Å². The summed E-state index contributed by atoms with van der Waals surface area (Å²) >= 11 is 0. The van der Waals surface area contributed by atoms with Gasteiger partial charge in [0.25, 0.3) is 0 Å². The number of hydrogen-bond donors (Lipinski definition) is 1. The summed E-state index contributed by atoms with van der Waals surface area (Å²) in [6.07, 6.45) is 4.49. The number of anilines is 1. The number of halogens is 1. The van der Waals surface area contributed by atoms with Crippen LogP contribution in [0.2, 0.25) is 0 Å². The third-order valence-electron chi connectivity index (χ3n) is 3.60. The van der Waals surface area contributed by atoms with Gasteiger partial charge in [-0.25, -0.2) is 4.39 Å². The second kappa shape index (κ2) is 9.34. The summed E-state index contributed by atoms with van der Waals surface area (Å²) < 4.78 is 13.6. The van der Waals surface area contributed by atoms with Crippen LogP contribution in [0.25, 0.3) is 0 Å². The van der Waals surface area contributed by atoms with Crippen LogP contribution in [0.1, 0.15) is 59.9 Å². The van der Waals surface area contributed by atoms with Crippen molar-refractivity contribution in [3.05, 3.63) is 29.6 Å². The highest BCUT2D eigenvalue weighted by molar-refractivity contribution is 5.90. The lowest BCUT2D eigenvalue weighted by Crippen LogP contribution is -2.10. The van der Waals surface area contributed by atoms with Crippen molar-refractivity contribution in [2.75, 3.05) is 5.32 Å². The second-order valence-electron chi connectivity index (χ2n) is 5.93. The maximum Gasteiger partial charge on any atom is 0.224 e. The van der Waals surface area contributed by atoms with Crippen LogP contribution < -0.4 is 5.32 Å². The fraction of sp³-hybridized carbons (Fsp3) is 0.556. The normalized spacial score (nSPS) is 10.8. The molecule has 0 aliphatic carbocycles. The van der Waals surface area contributed by atoms with Crippen LogP contribution in [0.4, 0.5) is 10.1 Å². The van der Waals surface area contributed by atoms with Gasteiger partial charge in [-0.15, -0.1) is 0 Å². The lowest BCUT2D eigenvalue weighted by atomic mass is 10.0. The summed E-state index contributed by atoms with van der Waals surface area (Å²) in [6.45, 7) is 5.59. The average Bonchev–Trinajstić information content (AvgIpc) is 2.45. The maximum absolute atomic E-state index is 13.6. The number of amides is 1. The molecule has 0 bridgehead atoms. The Morgan fingerprint density at radius 3 is 2.55 bits per heavy atom. The molecule has 0 aromatic heterocycles. The summed E-state index contributed by atoms with van der Waals surface area (Å²) in [7, 11) is 0. The molecule has 0 atom stereocenters. The lowest BCUT2D eigenvalue weighted by molar-refractivity contribution is -0.122. The highest BCUT2D eigenvalue weighted by Crippen LogP contribution is 2.17. The van der Waals surface area contributed by atoms with Crippen molar-refractivity contribution in [2.45, 2.75) is 59.3 Å². The summed E-state index contributed by atoms with van der Waals surface area (Å²) in [5.74, 6) is -0.0501. The van der Waals surface area contributed by atoms with Gasteiger partial charge in [-0.1, -0.05) is 27.2 Å². The van der Waals surface area contributed by atoms with E-state index in [9.17, 15) is 14.0 Å². The van der Waals surface area contributed by atoms with E-state index in [0.29, 0.717) is 24.3 Å². The monoisotopic (exact) mass is 309 g/mol. The Labute approximate surface area is 133 Å². The minimum absolute atomic E-state index is 0. The van der Waals surface area contributed by atoms with Gasteiger partial charge in [0.1, 0.15) is 11.6 Å². The predicted octanol–water partition coefficient (Wildman–Crippen LogP) is 4.75. The van der Waals surface area contributed by atoms with E-state index in [4.69, 9.17) is 0 Å². The van der Waals surface area contributed by atoms with Gasteiger partial charge in [-0.3, -0.25) is 9.59 Å². The van der Waals surface area contributed by atoms with E-state index >= 15 is 0 Å². The Morgan fingerprint density at radius 2 is 1.91 bits per heavy atom. The van der Waals surface area contributed by atoms with E-state index in [0.717, 1.165) is 31.2 Å². The molecule has 0 saturated heterocycles. The first kappa shape index (κ1) is 18.3. The van der Waals surface area contributed by atoms with Gasteiger partial charge in [0.15, 0.2) is 0 Å². The quantitative estimate of drug-likeness (QED) is 0.669. The molecule has 0 aliphatic heterocycles. The Hall–Kier alpha value is -1.71. The summed E-state index contributed by atoms with van der Waals surface area (Å²) in [6, 6.07) is 4.65. The molecule has 22 heavy (non-hydrogen) atoms. The molecule has 3 nitrogen and oxygen atoms in total. The third kappa shape index (κ3) is 6.83. The molecule has 0 radical (unpaired) electrons. The van der Waals surface area contributed by atoms with Crippen LogP contribution in [0.15, 0.2) is 18.2 Å². The topological polar surface area (TPSA) is 46.2 Å². The molecule has 4 heteroatoms. The van der Waals surface area contributed by atoms with Crippen molar-refractivity contribution in [1.29, 1.82) is 0 Å². The number of rotatable bonds is 9. The van der Waals surface area contributed by atoms with Gasteiger partial charge in [0, 0.05) is 25.9 Å². The van der Waals surface area contributed by atoms with Gasteiger partial charge in [0.05, 0.1) is 0 Å². The van der Waals surface area contributed by atoms with Crippen molar-refractivity contribution < 1.29 is 15.4 Å². The van der Waals surface area contributed by atoms with Gasteiger partial charge in [0.2, 0.25) is 5.91 Å². The molecular weight excluding hydrogens is 281 g/mol. The van der Waals surface area contributed by atoms with Crippen LogP contribution in [0.3, 0.4) is 0 Å². The van der Waals surface area contributed by atoms with Crippen LogP contribution in [0.5, 0.6) is 0 Å². The van der Waals surface area contributed by atoms with Crippen molar-refractivity contribution in [2.24, 2.45) is 5.92 Å². The van der Waals surface area contributed by atoms with E-state index in [1.54, 1.807) is 6.92 Å². The Morgan fingerprint density at radius 1 is 1.18 bits per heavy atom. The number of aryl methyl sites for hydroxylation is 1. The van der Waals surface area contributed by atoms with Crippen molar-refractivity contribution in [3.63, 3.8) is 0 Å². The van der Waals surface area contributed by atoms with E-state index in [-0.39, 0.29) is 19.1 Å². The first-order valence-electron chi connectivity index (χ1n) is 8.04. The highest BCUT2D eigenvalue weighted by Gasteiger charge is 2.07. The number of Topliss-reactive ketones (excluding diaryl/α,β-unsaturated/α-hetero) is 1. The standard InChI is InChI=1S/C18H26FNO2.H2/c1-4-18(22)20-16-11-14(10-15(19)12-16)8-6-5-7-9-17(21)13(2)3;/h10-13H,4-9H2,1-3H3,(H,20,22);1H.